The maximum atomic E-state index is 13.8. The van der Waals surface area contributed by atoms with Crippen molar-refractivity contribution < 1.29 is 24.2 Å². The Morgan fingerprint density at radius 2 is 1.97 bits per heavy atom. The van der Waals surface area contributed by atoms with Crippen molar-refractivity contribution in [3.63, 3.8) is 0 Å². The van der Waals surface area contributed by atoms with Gasteiger partial charge in [-0.15, -0.1) is 0 Å². The number of aromatic hydroxyl groups is 1. The Morgan fingerprint density at radius 1 is 1.18 bits per heavy atom. The summed E-state index contributed by atoms with van der Waals surface area (Å²) in [5.74, 6) is 0.669. The molecule has 1 aromatic rings. The highest BCUT2D eigenvalue weighted by Crippen LogP contribution is 2.50. The SMILES string of the molecule is CCC1C[C@@H]2CN(Cc3ccc(OC)c(O)c3)C[C@@]23C(=O)N(CCN2CCOCC2)C(=O)N13. The van der Waals surface area contributed by atoms with Gasteiger partial charge >= 0.3 is 6.03 Å². The first-order valence-corrected chi connectivity index (χ1v) is 12.0. The van der Waals surface area contributed by atoms with E-state index in [9.17, 15) is 14.7 Å². The zero-order chi connectivity index (χ0) is 23.2. The quantitative estimate of drug-likeness (QED) is 0.618. The van der Waals surface area contributed by atoms with E-state index in [1.807, 2.05) is 11.0 Å². The molecule has 0 bridgehead atoms. The van der Waals surface area contributed by atoms with Gasteiger partial charge in [-0.3, -0.25) is 19.5 Å². The molecule has 4 fully saturated rings. The lowest BCUT2D eigenvalue weighted by atomic mass is 9.87. The van der Waals surface area contributed by atoms with E-state index in [1.54, 1.807) is 12.1 Å². The summed E-state index contributed by atoms with van der Waals surface area (Å²) in [5, 5.41) is 10.2. The van der Waals surface area contributed by atoms with Crippen LogP contribution in [0, 0.1) is 5.92 Å². The molecule has 4 saturated heterocycles. The summed E-state index contributed by atoms with van der Waals surface area (Å²) >= 11 is 0. The minimum atomic E-state index is -0.753. The van der Waals surface area contributed by atoms with Crippen LogP contribution in [0.3, 0.4) is 0 Å². The number of likely N-dealkylation sites (tertiary alicyclic amines) is 1. The third-order valence-corrected chi connectivity index (χ3v) is 7.89. The molecule has 1 aromatic carbocycles. The Morgan fingerprint density at radius 3 is 2.67 bits per heavy atom. The highest BCUT2D eigenvalue weighted by atomic mass is 16.5. The molecule has 0 aliphatic carbocycles. The predicted octanol–water partition coefficient (Wildman–Crippen LogP) is 1.35. The Kier molecular flexibility index (Phi) is 5.96. The molecule has 33 heavy (non-hydrogen) atoms. The Bertz CT molecular complexity index is 920. The van der Waals surface area contributed by atoms with Crippen molar-refractivity contribution in [3.8, 4) is 11.5 Å². The van der Waals surface area contributed by atoms with E-state index >= 15 is 0 Å². The lowest BCUT2D eigenvalue weighted by Crippen LogP contribution is -2.52. The molecule has 1 N–H and O–H groups in total. The van der Waals surface area contributed by atoms with Crippen LogP contribution in [0.25, 0.3) is 0 Å². The first-order valence-electron chi connectivity index (χ1n) is 12.0. The summed E-state index contributed by atoms with van der Waals surface area (Å²) in [6, 6.07) is 5.41. The van der Waals surface area contributed by atoms with E-state index in [0.717, 1.165) is 38.0 Å². The van der Waals surface area contributed by atoms with Crippen molar-refractivity contribution in [3.05, 3.63) is 23.8 Å². The number of amides is 3. The molecule has 4 heterocycles. The highest BCUT2D eigenvalue weighted by Gasteiger charge is 2.69. The minimum absolute atomic E-state index is 0.0261. The molecule has 0 radical (unpaired) electrons. The number of imide groups is 1. The Hall–Kier alpha value is -2.36. The summed E-state index contributed by atoms with van der Waals surface area (Å²) in [7, 11) is 1.53. The molecule has 1 spiro atoms. The van der Waals surface area contributed by atoms with Crippen LogP contribution in [0.4, 0.5) is 4.79 Å². The fourth-order valence-electron chi connectivity index (χ4n) is 6.25. The monoisotopic (exact) mass is 458 g/mol. The van der Waals surface area contributed by atoms with Crippen molar-refractivity contribution in [2.24, 2.45) is 5.92 Å². The zero-order valence-corrected chi connectivity index (χ0v) is 19.5. The summed E-state index contributed by atoms with van der Waals surface area (Å²) < 4.78 is 10.6. The summed E-state index contributed by atoms with van der Waals surface area (Å²) in [4.78, 5) is 35.2. The second-order valence-corrected chi connectivity index (χ2v) is 9.66. The standard InChI is InChI=1S/C24H34N4O5/c1-3-19-13-18-15-26(14-17-4-5-21(32-2)20(29)12-17)16-24(18)22(30)27(23(31)28(19)24)7-6-25-8-10-33-11-9-25/h4-5,12,18-19,29H,3,6-11,13-16H2,1-2H3/t18-,19?,24+/m1/s1. The van der Waals surface area contributed by atoms with E-state index in [1.165, 1.54) is 12.0 Å². The van der Waals surface area contributed by atoms with Crippen molar-refractivity contribution in [2.45, 2.75) is 37.9 Å². The number of methoxy groups -OCH3 is 1. The summed E-state index contributed by atoms with van der Waals surface area (Å²) in [5.41, 5.74) is 0.210. The summed E-state index contributed by atoms with van der Waals surface area (Å²) in [6.45, 7) is 8.26. The number of rotatable bonds is 7. The van der Waals surface area contributed by atoms with E-state index in [2.05, 4.69) is 16.7 Å². The molecular formula is C24H34N4O5. The molecule has 0 aromatic heterocycles. The molecule has 5 rings (SSSR count). The number of morpholine rings is 1. The maximum absolute atomic E-state index is 13.8. The molecule has 4 aliphatic rings. The van der Waals surface area contributed by atoms with E-state index in [-0.39, 0.29) is 29.6 Å². The number of phenols is 1. The predicted molar refractivity (Wildman–Crippen MR) is 121 cm³/mol. The van der Waals surface area contributed by atoms with Gasteiger partial charge in [-0.1, -0.05) is 13.0 Å². The third kappa shape index (κ3) is 3.66. The van der Waals surface area contributed by atoms with Crippen molar-refractivity contribution in [2.75, 3.05) is 59.6 Å². The van der Waals surface area contributed by atoms with Gasteiger partial charge in [-0.2, -0.15) is 0 Å². The normalized spacial score (nSPS) is 30.2. The van der Waals surface area contributed by atoms with Gasteiger partial charge in [0.05, 0.1) is 20.3 Å². The second kappa shape index (κ2) is 8.77. The molecule has 0 saturated carbocycles. The van der Waals surface area contributed by atoms with Gasteiger partial charge in [0.2, 0.25) is 0 Å². The van der Waals surface area contributed by atoms with Gasteiger partial charge in [0.25, 0.3) is 5.91 Å². The molecule has 9 nitrogen and oxygen atoms in total. The topological polar surface area (TPSA) is 85.8 Å². The Balaban J connectivity index is 1.33. The van der Waals surface area contributed by atoms with Crippen LogP contribution in [0.2, 0.25) is 0 Å². The molecule has 1 unspecified atom stereocenters. The van der Waals surface area contributed by atoms with Gasteiger partial charge in [0.15, 0.2) is 11.5 Å². The van der Waals surface area contributed by atoms with Crippen molar-refractivity contribution in [1.82, 2.24) is 19.6 Å². The fourth-order valence-corrected chi connectivity index (χ4v) is 6.25. The van der Waals surface area contributed by atoms with Crippen LogP contribution in [-0.2, 0) is 16.1 Å². The van der Waals surface area contributed by atoms with Crippen LogP contribution in [-0.4, -0.2) is 108 Å². The molecule has 4 aliphatic heterocycles. The van der Waals surface area contributed by atoms with Crippen LogP contribution < -0.4 is 4.74 Å². The number of benzene rings is 1. The number of urea groups is 1. The number of carbonyl (C=O) groups is 2. The van der Waals surface area contributed by atoms with E-state index in [4.69, 9.17) is 9.47 Å². The van der Waals surface area contributed by atoms with Crippen molar-refractivity contribution >= 4 is 11.9 Å². The lowest BCUT2D eigenvalue weighted by molar-refractivity contribution is -0.133. The van der Waals surface area contributed by atoms with Crippen LogP contribution in [0.5, 0.6) is 11.5 Å². The number of nitrogens with zero attached hydrogens (tertiary/aromatic N) is 4. The molecule has 180 valence electrons. The Labute approximate surface area is 194 Å². The summed E-state index contributed by atoms with van der Waals surface area (Å²) in [6.07, 6.45) is 1.73. The van der Waals surface area contributed by atoms with Crippen molar-refractivity contribution in [1.29, 1.82) is 0 Å². The first kappa shape index (κ1) is 22.4. The molecular weight excluding hydrogens is 424 g/mol. The number of ether oxygens (including phenoxy) is 2. The lowest BCUT2D eigenvalue weighted by Gasteiger charge is -2.31. The van der Waals surface area contributed by atoms with Gasteiger partial charge in [0, 0.05) is 57.8 Å². The molecule has 3 amide bonds. The largest absolute Gasteiger partial charge is 0.504 e. The van der Waals surface area contributed by atoms with Crippen LogP contribution in [0.1, 0.15) is 25.3 Å². The van der Waals surface area contributed by atoms with Gasteiger partial charge in [0.1, 0.15) is 5.54 Å². The van der Waals surface area contributed by atoms with E-state index in [0.29, 0.717) is 45.1 Å². The average molecular weight is 459 g/mol. The van der Waals surface area contributed by atoms with Gasteiger partial charge in [-0.05, 0) is 30.5 Å². The highest BCUT2D eigenvalue weighted by molar-refractivity contribution is 6.08. The maximum Gasteiger partial charge on any atom is 0.328 e. The number of hydrogen-bond acceptors (Lipinski definition) is 7. The van der Waals surface area contributed by atoms with Crippen LogP contribution in [0.15, 0.2) is 18.2 Å². The second-order valence-electron chi connectivity index (χ2n) is 9.66. The fraction of sp³-hybridized carbons (Fsp3) is 0.667. The first-order chi connectivity index (χ1) is 16.0. The smallest absolute Gasteiger partial charge is 0.328 e. The third-order valence-electron chi connectivity index (χ3n) is 7.89. The minimum Gasteiger partial charge on any atom is -0.504 e. The number of hydrogen-bond donors (Lipinski definition) is 1. The molecule has 3 atom stereocenters. The van der Waals surface area contributed by atoms with E-state index < -0.39 is 5.54 Å². The van der Waals surface area contributed by atoms with Gasteiger partial charge in [-0.25, -0.2) is 4.79 Å². The average Bonchev–Trinajstić information content (AvgIpc) is 3.38. The van der Waals surface area contributed by atoms with Crippen LogP contribution >= 0.6 is 0 Å². The molecule has 9 heteroatoms. The number of phenolic OH excluding ortho intramolecular Hbond substituents is 1. The van der Waals surface area contributed by atoms with Gasteiger partial charge < -0.3 is 19.5 Å². The zero-order valence-electron chi connectivity index (χ0n) is 19.5. The number of carbonyl (C=O) groups excluding carboxylic acids is 2.